The van der Waals surface area contributed by atoms with Gasteiger partial charge in [0.15, 0.2) is 0 Å². The molecular weight excluding hydrogens is 381 g/mol. The lowest BCUT2D eigenvalue weighted by molar-refractivity contribution is 0.289. The number of aliphatic hydroxyl groups is 1. The minimum absolute atomic E-state index is 0.177. The maximum Gasteiger partial charge on any atom is 0.132 e. The smallest absolute Gasteiger partial charge is 0.132 e. The van der Waals surface area contributed by atoms with E-state index in [0.717, 1.165) is 29.7 Å². The van der Waals surface area contributed by atoms with E-state index in [-0.39, 0.29) is 11.1 Å². The van der Waals surface area contributed by atoms with Gasteiger partial charge in [0.2, 0.25) is 0 Å². The summed E-state index contributed by atoms with van der Waals surface area (Å²) in [4.78, 5) is 0.594. The lowest BCUT2D eigenvalue weighted by atomic mass is 10.1. The molecule has 0 aliphatic carbocycles. The molecule has 0 atom stereocenters. The summed E-state index contributed by atoms with van der Waals surface area (Å²) in [5, 5.41) is 11.1. The molecule has 0 aromatic heterocycles. The average molecular weight is 406 g/mol. The maximum absolute atomic E-state index is 8.15. The van der Waals surface area contributed by atoms with Gasteiger partial charge in [0, 0.05) is 13.7 Å². The Bertz CT molecular complexity index is 588. The van der Waals surface area contributed by atoms with Crippen LogP contribution in [-0.2, 0) is 0 Å². The molecule has 2 N–H and O–H groups in total. The van der Waals surface area contributed by atoms with Crippen LogP contribution in [0.4, 0.5) is 0 Å². The number of thiocarbonyl (C=S) groups is 1. The number of unbranched alkanes of at least 4 members (excludes halogenated alkanes) is 1. The molecule has 140 valence electrons. The van der Waals surface area contributed by atoms with Crippen LogP contribution in [0.25, 0.3) is 0 Å². The summed E-state index contributed by atoms with van der Waals surface area (Å²) in [7, 11) is 3.38. The second kappa shape index (κ2) is 14.0. The third-order valence-electron chi connectivity index (χ3n) is 2.98. The van der Waals surface area contributed by atoms with E-state index in [1.54, 1.807) is 26.3 Å². The molecule has 1 aromatic carbocycles. The van der Waals surface area contributed by atoms with Gasteiger partial charge in [-0.05, 0) is 43.5 Å². The van der Waals surface area contributed by atoms with E-state index in [2.05, 4.69) is 11.9 Å². The summed E-state index contributed by atoms with van der Waals surface area (Å²) in [6.07, 6.45) is 5.15. The molecule has 7 heteroatoms. The van der Waals surface area contributed by atoms with Crippen molar-refractivity contribution < 1.29 is 14.6 Å². The van der Waals surface area contributed by atoms with Gasteiger partial charge in [-0.2, -0.15) is 0 Å². The van der Waals surface area contributed by atoms with Gasteiger partial charge >= 0.3 is 0 Å². The van der Waals surface area contributed by atoms with Crippen molar-refractivity contribution >= 4 is 40.4 Å². The predicted octanol–water partition coefficient (Wildman–Crippen LogP) is 4.54. The molecule has 0 aliphatic heterocycles. The van der Waals surface area contributed by atoms with E-state index in [9.17, 15) is 0 Å². The molecule has 0 radical (unpaired) electrons. The molecule has 1 aromatic rings. The largest absolute Gasteiger partial charge is 0.496 e. The molecule has 0 fully saturated rings. The van der Waals surface area contributed by atoms with Crippen LogP contribution in [0.5, 0.6) is 11.5 Å². The van der Waals surface area contributed by atoms with Crippen molar-refractivity contribution in [2.75, 3.05) is 27.4 Å². The van der Waals surface area contributed by atoms with Crippen molar-refractivity contribution in [2.45, 2.75) is 19.8 Å². The van der Waals surface area contributed by atoms with Gasteiger partial charge < -0.3 is 19.9 Å². The van der Waals surface area contributed by atoms with Crippen molar-refractivity contribution in [3.8, 4) is 11.5 Å². The first-order valence-electron chi connectivity index (χ1n) is 7.67. The van der Waals surface area contributed by atoms with Gasteiger partial charge in [-0.1, -0.05) is 41.5 Å². The Balaban J connectivity index is 0.000000823. The number of ether oxygens (including phenoxy) is 2. The van der Waals surface area contributed by atoms with Gasteiger partial charge in [-0.25, -0.2) is 0 Å². The number of hydrogen-bond acceptors (Lipinski definition) is 4. The fourth-order valence-electron chi connectivity index (χ4n) is 1.83. The van der Waals surface area contributed by atoms with E-state index in [1.807, 2.05) is 19.1 Å². The third kappa shape index (κ3) is 9.70. The summed E-state index contributed by atoms with van der Waals surface area (Å²) in [6.45, 7) is 5.99. The van der Waals surface area contributed by atoms with Gasteiger partial charge in [-0.3, -0.25) is 0 Å². The number of methoxy groups -OCH3 is 1. The number of allylic oxidation sites excluding steroid dienone is 1. The van der Waals surface area contributed by atoms with Gasteiger partial charge in [0.1, 0.15) is 27.6 Å². The Morgan fingerprint density at radius 2 is 2.08 bits per heavy atom. The zero-order valence-electron chi connectivity index (χ0n) is 14.8. The topological polar surface area (TPSA) is 50.7 Å². The van der Waals surface area contributed by atoms with E-state index in [0.29, 0.717) is 17.3 Å². The molecule has 0 aliphatic rings. The minimum atomic E-state index is 0.177. The first-order valence-corrected chi connectivity index (χ1v) is 8.84. The number of halogens is 2. The second-order valence-electron chi connectivity index (χ2n) is 4.86. The molecule has 0 saturated carbocycles. The first kappa shape index (κ1) is 23.7. The molecule has 0 heterocycles. The highest BCUT2D eigenvalue weighted by molar-refractivity contribution is 7.80. The number of hydrogen-bond donors (Lipinski definition) is 2. The van der Waals surface area contributed by atoms with Crippen LogP contribution in [0.2, 0.25) is 0 Å². The second-order valence-corrected chi connectivity index (χ2v) is 6.28. The number of aliphatic hydroxyl groups excluding tert-OH is 1. The van der Waals surface area contributed by atoms with Crippen molar-refractivity contribution in [1.29, 1.82) is 0 Å². The van der Waals surface area contributed by atoms with Crippen molar-refractivity contribution in [3.63, 3.8) is 0 Å². The van der Waals surface area contributed by atoms with E-state index < -0.39 is 0 Å². The minimum Gasteiger partial charge on any atom is -0.496 e. The average Bonchev–Trinajstić information content (AvgIpc) is 2.59. The molecule has 25 heavy (non-hydrogen) atoms. The van der Waals surface area contributed by atoms with Crippen molar-refractivity contribution in [2.24, 2.45) is 0 Å². The van der Waals surface area contributed by atoms with Gasteiger partial charge in [0.05, 0.1) is 12.7 Å². The van der Waals surface area contributed by atoms with Gasteiger partial charge in [0.25, 0.3) is 0 Å². The normalized spacial score (nSPS) is 9.36. The highest BCUT2D eigenvalue weighted by atomic mass is 35.5. The fourth-order valence-corrected chi connectivity index (χ4v) is 2.11. The maximum atomic E-state index is 8.15. The Labute approximate surface area is 165 Å². The lowest BCUT2D eigenvalue weighted by Gasteiger charge is -2.14. The molecule has 0 spiro atoms. The summed E-state index contributed by atoms with van der Waals surface area (Å²) in [5.41, 5.74) is 1.73. The van der Waals surface area contributed by atoms with Gasteiger partial charge in [-0.15, -0.1) is 6.58 Å². The summed E-state index contributed by atoms with van der Waals surface area (Å²) >= 11 is 16.3. The number of nitrogens with one attached hydrogen (secondary N) is 1. The van der Waals surface area contributed by atoms with Crippen LogP contribution in [0, 0.1) is 6.92 Å². The lowest BCUT2D eigenvalue weighted by Crippen LogP contribution is -2.18. The highest BCUT2D eigenvalue weighted by Gasteiger charge is 2.12. The molecule has 1 rings (SSSR count). The Hall–Kier alpha value is -1.27. The third-order valence-corrected chi connectivity index (χ3v) is 3.71. The quantitative estimate of drug-likeness (QED) is 0.377. The molecule has 0 amide bonds. The molecule has 0 unspecified atom stereocenters. The van der Waals surface area contributed by atoms with Crippen LogP contribution in [-0.4, -0.2) is 37.5 Å². The Morgan fingerprint density at radius 3 is 2.52 bits per heavy atom. The zero-order chi connectivity index (χ0) is 19.2. The first-order chi connectivity index (χ1) is 11.9. The number of aryl methyl sites for hydroxylation is 1. The van der Waals surface area contributed by atoms with Crippen LogP contribution in [0.15, 0.2) is 35.4 Å². The highest BCUT2D eigenvalue weighted by Crippen LogP contribution is 2.29. The number of rotatable bonds is 8. The Kier molecular flexibility index (Phi) is 13.2. The monoisotopic (exact) mass is 405 g/mol. The fraction of sp³-hybridized carbons (Fsp3) is 0.389. The summed E-state index contributed by atoms with van der Waals surface area (Å²) in [5.74, 6) is 1.41. The van der Waals surface area contributed by atoms with E-state index in [1.165, 1.54) is 0 Å². The zero-order valence-corrected chi connectivity index (χ0v) is 17.1. The number of benzene rings is 1. The molecule has 4 nitrogen and oxygen atoms in total. The van der Waals surface area contributed by atoms with E-state index >= 15 is 0 Å². The molecule has 0 saturated heterocycles. The van der Waals surface area contributed by atoms with Crippen LogP contribution in [0.1, 0.15) is 24.0 Å². The Morgan fingerprint density at radius 1 is 1.40 bits per heavy atom. The molecular formula is C18H25Cl2NO3S. The van der Waals surface area contributed by atoms with Crippen molar-refractivity contribution in [1.82, 2.24) is 5.32 Å². The summed E-state index contributed by atoms with van der Waals surface area (Å²) in [6, 6.07) is 3.69. The van der Waals surface area contributed by atoms with Crippen LogP contribution >= 0.6 is 35.4 Å². The van der Waals surface area contributed by atoms with Crippen LogP contribution in [0.3, 0.4) is 0 Å². The SMILES string of the molecule is C=CCCCO.CNC(=S)c1cc(OCC=C(Cl)Cl)cc(C)c1OC. The standard InChI is InChI=1S/C13H15Cl2NO2S.C5H10O/c1-8-6-9(18-5-4-11(14)15)7-10(12(8)17-3)13(19)16-2;1-2-3-4-5-6/h4,6-7H,5H2,1-3H3,(H,16,19);2,6H,1,3-5H2. The predicted molar refractivity (Wildman–Crippen MR) is 110 cm³/mol. The molecule has 0 bridgehead atoms. The summed E-state index contributed by atoms with van der Waals surface area (Å²) < 4.78 is 11.1. The van der Waals surface area contributed by atoms with Crippen molar-refractivity contribution in [3.05, 3.63) is 46.5 Å². The van der Waals surface area contributed by atoms with Crippen LogP contribution < -0.4 is 14.8 Å². The van der Waals surface area contributed by atoms with E-state index in [4.69, 9.17) is 50.0 Å².